The molecule has 6 heteroatoms. The van der Waals surface area contributed by atoms with Crippen molar-refractivity contribution >= 4 is 5.91 Å². The third kappa shape index (κ3) is 3.61. The Labute approximate surface area is 125 Å². The largest absolute Gasteiger partial charge is 0.381 e. The van der Waals surface area contributed by atoms with Crippen LogP contribution in [0.4, 0.5) is 0 Å². The van der Waals surface area contributed by atoms with Gasteiger partial charge >= 0.3 is 0 Å². The van der Waals surface area contributed by atoms with Crippen LogP contribution in [0.25, 0.3) is 0 Å². The van der Waals surface area contributed by atoms with Gasteiger partial charge in [-0.1, -0.05) is 13.8 Å². The second-order valence-electron chi connectivity index (χ2n) is 5.88. The Morgan fingerprint density at radius 1 is 1.57 bits per heavy atom. The van der Waals surface area contributed by atoms with E-state index < -0.39 is 5.41 Å². The predicted molar refractivity (Wildman–Crippen MR) is 77.0 cm³/mol. The summed E-state index contributed by atoms with van der Waals surface area (Å²) in [7, 11) is 0. The van der Waals surface area contributed by atoms with Crippen molar-refractivity contribution in [3.05, 3.63) is 18.2 Å². The van der Waals surface area contributed by atoms with Crippen LogP contribution in [0.5, 0.6) is 0 Å². The highest BCUT2D eigenvalue weighted by Crippen LogP contribution is 2.29. The van der Waals surface area contributed by atoms with E-state index in [0.29, 0.717) is 38.5 Å². The molecule has 0 radical (unpaired) electrons. The molecular formula is C15H22N4O2. The molecule has 2 heterocycles. The molecule has 114 valence electrons. The van der Waals surface area contributed by atoms with Crippen LogP contribution in [0.1, 0.15) is 32.5 Å². The SMILES string of the molecule is CC(C)Cn1ccnc1CNC(=O)C1(C#N)CCOCC1. The maximum Gasteiger partial charge on any atom is 0.241 e. The van der Waals surface area contributed by atoms with Gasteiger partial charge in [0.15, 0.2) is 0 Å². The van der Waals surface area contributed by atoms with Gasteiger partial charge in [0.1, 0.15) is 11.2 Å². The van der Waals surface area contributed by atoms with E-state index in [1.54, 1.807) is 6.20 Å². The second-order valence-corrected chi connectivity index (χ2v) is 5.88. The molecule has 1 saturated heterocycles. The number of hydrogen-bond donors (Lipinski definition) is 1. The topological polar surface area (TPSA) is 79.9 Å². The van der Waals surface area contributed by atoms with Crippen LogP contribution in [0.15, 0.2) is 12.4 Å². The third-order valence-electron chi connectivity index (χ3n) is 3.77. The second kappa shape index (κ2) is 6.72. The maximum atomic E-state index is 12.4. The molecule has 1 aliphatic rings. The number of aromatic nitrogens is 2. The minimum absolute atomic E-state index is 0.215. The highest BCUT2D eigenvalue weighted by molar-refractivity contribution is 5.85. The number of carbonyl (C=O) groups excluding carboxylic acids is 1. The number of hydrogen-bond acceptors (Lipinski definition) is 4. The smallest absolute Gasteiger partial charge is 0.241 e. The predicted octanol–water partition coefficient (Wildman–Crippen LogP) is 1.48. The molecule has 21 heavy (non-hydrogen) atoms. The highest BCUT2D eigenvalue weighted by Gasteiger charge is 2.40. The Morgan fingerprint density at radius 2 is 2.29 bits per heavy atom. The Kier molecular flexibility index (Phi) is 4.97. The summed E-state index contributed by atoms with van der Waals surface area (Å²) in [4.78, 5) is 16.6. The summed E-state index contributed by atoms with van der Waals surface area (Å²) >= 11 is 0. The van der Waals surface area contributed by atoms with E-state index in [1.807, 2.05) is 10.8 Å². The average molecular weight is 290 g/mol. The van der Waals surface area contributed by atoms with Gasteiger partial charge in [0.2, 0.25) is 5.91 Å². The van der Waals surface area contributed by atoms with Gasteiger partial charge in [-0.15, -0.1) is 0 Å². The molecule has 0 bridgehead atoms. The van der Waals surface area contributed by atoms with E-state index in [1.165, 1.54) is 0 Å². The molecule has 1 aliphatic heterocycles. The fourth-order valence-corrected chi connectivity index (χ4v) is 2.50. The van der Waals surface area contributed by atoms with Gasteiger partial charge in [0, 0.05) is 32.2 Å². The number of imidazole rings is 1. The molecule has 1 aromatic heterocycles. The van der Waals surface area contributed by atoms with Crippen LogP contribution in [0.2, 0.25) is 0 Å². The lowest BCUT2D eigenvalue weighted by atomic mass is 9.81. The lowest BCUT2D eigenvalue weighted by molar-refractivity contribution is -0.132. The molecule has 1 N–H and O–H groups in total. The minimum atomic E-state index is -0.951. The third-order valence-corrected chi connectivity index (χ3v) is 3.77. The number of ether oxygens (including phenoxy) is 1. The van der Waals surface area contributed by atoms with Crippen molar-refractivity contribution in [3.63, 3.8) is 0 Å². The Balaban J connectivity index is 1.98. The van der Waals surface area contributed by atoms with Gasteiger partial charge in [-0.05, 0) is 18.8 Å². The molecule has 0 atom stereocenters. The van der Waals surface area contributed by atoms with E-state index in [2.05, 4.69) is 30.2 Å². The Hall–Kier alpha value is -1.87. The molecule has 0 unspecified atom stereocenters. The summed E-state index contributed by atoms with van der Waals surface area (Å²) in [5, 5.41) is 12.2. The van der Waals surface area contributed by atoms with E-state index in [4.69, 9.17) is 4.74 Å². The van der Waals surface area contributed by atoms with Crippen LogP contribution >= 0.6 is 0 Å². The first-order chi connectivity index (χ1) is 10.1. The summed E-state index contributed by atoms with van der Waals surface area (Å²) in [6.07, 6.45) is 4.56. The first-order valence-electron chi connectivity index (χ1n) is 7.35. The average Bonchev–Trinajstić information content (AvgIpc) is 2.91. The van der Waals surface area contributed by atoms with Crippen LogP contribution in [-0.4, -0.2) is 28.7 Å². The molecule has 0 aromatic carbocycles. The van der Waals surface area contributed by atoms with Crippen molar-refractivity contribution in [1.82, 2.24) is 14.9 Å². The first-order valence-corrected chi connectivity index (χ1v) is 7.35. The molecule has 1 amide bonds. The summed E-state index contributed by atoms with van der Waals surface area (Å²) in [5.74, 6) is 1.11. The van der Waals surface area contributed by atoms with Crippen molar-refractivity contribution in [2.45, 2.75) is 39.8 Å². The normalized spacial score (nSPS) is 17.4. The number of nitriles is 1. The van der Waals surface area contributed by atoms with Crippen molar-refractivity contribution in [1.29, 1.82) is 5.26 Å². The zero-order valence-corrected chi connectivity index (χ0v) is 12.6. The first kappa shape index (κ1) is 15.5. The van der Waals surface area contributed by atoms with Crippen LogP contribution in [0, 0.1) is 22.7 Å². The molecule has 2 rings (SSSR count). The molecule has 0 saturated carbocycles. The molecule has 6 nitrogen and oxygen atoms in total. The molecular weight excluding hydrogens is 268 g/mol. The number of rotatable bonds is 5. The summed E-state index contributed by atoms with van der Waals surface area (Å²) < 4.78 is 7.28. The van der Waals surface area contributed by atoms with Crippen molar-refractivity contribution in [3.8, 4) is 6.07 Å². The Bertz CT molecular complexity index is 524. The number of nitrogens with zero attached hydrogens (tertiary/aromatic N) is 3. The number of nitrogens with one attached hydrogen (secondary N) is 1. The summed E-state index contributed by atoms with van der Waals surface area (Å²) in [6.45, 7) is 6.40. The standard InChI is InChI=1S/C15H22N4O2/c1-12(2)10-19-6-5-17-13(19)9-18-14(20)15(11-16)3-7-21-8-4-15/h5-6,12H,3-4,7-10H2,1-2H3,(H,18,20). The lowest BCUT2D eigenvalue weighted by Gasteiger charge is -2.29. The van der Waals surface area contributed by atoms with Gasteiger partial charge < -0.3 is 14.6 Å². The molecule has 0 spiro atoms. The van der Waals surface area contributed by atoms with Gasteiger partial charge in [0.05, 0.1) is 12.6 Å². The van der Waals surface area contributed by atoms with E-state index in [9.17, 15) is 10.1 Å². The quantitative estimate of drug-likeness (QED) is 0.890. The van der Waals surface area contributed by atoms with Crippen LogP contribution in [-0.2, 0) is 22.6 Å². The summed E-state index contributed by atoms with van der Waals surface area (Å²) in [6, 6.07) is 2.17. The van der Waals surface area contributed by atoms with Crippen LogP contribution in [0.3, 0.4) is 0 Å². The van der Waals surface area contributed by atoms with E-state index in [0.717, 1.165) is 12.4 Å². The van der Waals surface area contributed by atoms with E-state index >= 15 is 0 Å². The van der Waals surface area contributed by atoms with Gasteiger partial charge in [-0.2, -0.15) is 5.26 Å². The van der Waals surface area contributed by atoms with Crippen molar-refractivity contribution < 1.29 is 9.53 Å². The minimum Gasteiger partial charge on any atom is -0.381 e. The fraction of sp³-hybridized carbons (Fsp3) is 0.667. The number of amides is 1. The number of carbonyl (C=O) groups is 1. The zero-order valence-electron chi connectivity index (χ0n) is 12.6. The maximum absolute atomic E-state index is 12.4. The highest BCUT2D eigenvalue weighted by atomic mass is 16.5. The van der Waals surface area contributed by atoms with Crippen molar-refractivity contribution in [2.24, 2.45) is 11.3 Å². The molecule has 1 fully saturated rings. The summed E-state index contributed by atoms with van der Waals surface area (Å²) in [5.41, 5.74) is -0.951. The van der Waals surface area contributed by atoms with Crippen LogP contribution < -0.4 is 5.32 Å². The zero-order chi connectivity index (χ0) is 15.3. The monoisotopic (exact) mass is 290 g/mol. The Morgan fingerprint density at radius 3 is 2.90 bits per heavy atom. The van der Waals surface area contributed by atoms with Gasteiger partial charge in [-0.25, -0.2) is 4.98 Å². The van der Waals surface area contributed by atoms with E-state index in [-0.39, 0.29) is 5.91 Å². The van der Waals surface area contributed by atoms with Gasteiger partial charge in [0.25, 0.3) is 0 Å². The fourth-order valence-electron chi connectivity index (χ4n) is 2.50. The van der Waals surface area contributed by atoms with Gasteiger partial charge in [-0.3, -0.25) is 4.79 Å². The molecule has 0 aliphatic carbocycles. The lowest BCUT2D eigenvalue weighted by Crippen LogP contribution is -2.43. The van der Waals surface area contributed by atoms with Crippen molar-refractivity contribution in [2.75, 3.05) is 13.2 Å². The molecule has 1 aromatic rings.